The molecule has 2 aliphatic carbocycles. The van der Waals surface area contributed by atoms with E-state index in [2.05, 4.69) is 22.2 Å². The van der Waals surface area contributed by atoms with Crippen LogP contribution in [0, 0.1) is 17.8 Å². The Labute approximate surface area is 103 Å². The lowest BCUT2D eigenvalue weighted by Gasteiger charge is -2.30. The first-order valence-corrected chi connectivity index (χ1v) is 7.08. The molecule has 3 nitrogen and oxygen atoms in total. The highest BCUT2D eigenvalue weighted by Crippen LogP contribution is 2.49. The Kier molecular flexibility index (Phi) is 3.19. The molecule has 0 radical (unpaired) electrons. The summed E-state index contributed by atoms with van der Waals surface area (Å²) in [7, 11) is 0. The van der Waals surface area contributed by atoms with E-state index in [1.165, 1.54) is 25.7 Å². The highest BCUT2D eigenvalue weighted by molar-refractivity contribution is 4.99. The fourth-order valence-electron chi connectivity index (χ4n) is 4.04. The zero-order valence-electron chi connectivity index (χ0n) is 10.7. The summed E-state index contributed by atoms with van der Waals surface area (Å²) in [6, 6.07) is 0.626. The van der Waals surface area contributed by atoms with E-state index in [4.69, 9.17) is 0 Å². The molecule has 0 spiro atoms. The molecule has 17 heavy (non-hydrogen) atoms. The number of nitrogens with zero attached hydrogens (tertiary/aromatic N) is 1. The SMILES string of the molecule is CCNC(Cc1ncc[nH]1)C1CC2CCC1C2. The van der Waals surface area contributed by atoms with Crippen molar-refractivity contribution in [2.24, 2.45) is 17.8 Å². The number of fused-ring (bicyclic) bond motifs is 2. The molecule has 2 aliphatic rings. The van der Waals surface area contributed by atoms with Gasteiger partial charge >= 0.3 is 0 Å². The third kappa shape index (κ3) is 2.25. The van der Waals surface area contributed by atoms with Crippen LogP contribution in [0.4, 0.5) is 0 Å². The topological polar surface area (TPSA) is 40.7 Å². The fourth-order valence-corrected chi connectivity index (χ4v) is 4.04. The van der Waals surface area contributed by atoms with Crippen LogP contribution in [0.3, 0.4) is 0 Å². The maximum atomic E-state index is 4.38. The van der Waals surface area contributed by atoms with Crippen molar-refractivity contribution in [3.05, 3.63) is 18.2 Å². The summed E-state index contributed by atoms with van der Waals surface area (Å²) >= 11 is 0. The number of imidazole rings is 1. The maximum absolute atomic E-state index is 4.38. The van der Waals surface area contributed by atoms with E-state index < -0.39 is 0 Å². The molecule has 0 aliphatic heterocycles. The Balaban J connectivity index is 1.67. The van der Waals surface area contributed by atoms with Gasteiger partial charge in [-0.2, -0.15) is 0 Å². The molecular formula is C14H23N3. The molecule has 4 atom stereocenters. The predicted molar refractivity (Wildman–Crippen MR) is 68.7 cm³/mol. The molecule has 0 saturated heterocycles. The molecule has 0 aromatic carbocycles. The summed E-state index contributed by atoms with van der Waals surface area (Å²) in [5.41, 5.74) is 0. The standard InChI is InChI=1S/C14H23N3/c1-2-15-13(9-14-16-5-6-17-14)12-8-10-3-4-11(12)7-10/h5-6,10-13,15H,2-4,7-9H2,1H3,(H,16,17). The first-order valence-electron chi connectivity index (χ1n) is 7.08. The lowest BCUT2D eigenvalue weighted by atomic mass is 9.82. The zero-order valence-corrected chi connectivity index (χ0v) is 10.7. The monoisotopic (exact) mass is 233 g/mol. The van der Waals surface area contributed by atoms with Gasteiger partial charge in [0, 0.05) is 24.9 Å². The number of aromatic amines is 1. The lowest BCUT2D eigenvalue weighted by Crippen LogP contribution is -2.40. The summed E-state index contributed by atoms with van der Waals surface area (Å²) in [4.78, 5) is 7.62. The van der Waals surface area contributed by atoms with Gasteiger partial charge in [0.05, 0.1) is 0 Å². The van der Waals surface area contributed by atoms with Crippen LogP contribution in [0.25, 0.3) is 0 Å². The number of likely N-dealkylation sites (N-methyl/N-ethyl adjacent to an activating group) is 1. The average molecular weight is 233 g/mol. The van der Waals surface area contributed by atoms with Crippen LogP contribution in [-0.4, -0.2) is 22.6 Å². The quantitative estimate of drug-likeness (QED) is 0.819. The number of rotatable bonds is 5. The zero-order chi connectivity index (χ0) is 11.7. The van der Waals surface area contributed by atoms with Gasteiger partial charge in [0.25, 0.3) is 0 Å². The summed E-state index contributed by atoms with van der Waals surface area (Å²) in [5.74, 6) is 4.04. The molecule has 2 fully saturated rings. The van der Waals surface area contributed by atoms with E-state index in [1.807, 2.05) is 12.4 Å². The normalized spacial score (nSPS) is 33.1. The van der Waals surface area contributed by atoms with Crippen molar-refractivity contribution in [1.29, 1.82) is 0 Å². The average Bonchev–Trinajstić information content (AvgIpc) is 3.05. The van der Waals surface area contributed by atoms with Crippen LogP contribution in [-0.2, 0) is 6.42 Å². The van der Waals surface area contributed by atoms with Crippen molar-refractivity contribution in [3.63, 3.8) is 0 Å². The van der Waals surface area contributed by atoms with Crippen LogP contribution in [0.2, 0.25) is 0 Å². The van der Waals surface area contributed by atoms with Crippen molar-refractivity contribution < 1.29 is 0 Å². The second-order valence-electron chi connectivity index (χ2n) is 5.74. The van der Waals surface area contributed by atoms with Gasteiger partial charge in [-0.1, -0.05) is 13.3 Å². The Morgan fingerprint density at radius 3 is 3.00 bits per heavy atom. The highest BCUT2D eigenvalue weighted by Gasteiger charge is 2.42. The molecule has 4 unspecified atom stereocenters. The third-order valence-corrected chi connectivity index (χ3v) is 4.74. The van der Waals surface area contributed by atoms with Crippen molar-refractivity contribution in [2.75, 3.05) is 6.54 Å². The highest BCUT2D eigenvalue weighted by atomic mass is 15.0. The molecule has 1 heterocycles. The van der Waals surface area contributed by atoms with Gasteiger partial charge in [-0.15, -0.1) is 0 Å². The van der Waals surface area contributed by atoms with E-state index >= 15 is 0 Å². The molecule has 0 amide bonds. The molecule has 2 bridgehead atoms. The maximum Gasteiger partial charge on any atom is 0.107 e. The largest absolute Gasteiger partial charge is 0.349 e. The predicted octanol–water partition coefficient (Wildman–Crippen LogP) is 2.37. The molecule has 3 rings (SSSR count). The smallest absolute Gasteiger partial charge is 0.107 e. The lowest BCUT2D eigenvalue weighted by molar-refractivity contribution is 0.247. The van der Waals surface area contributed by atoms with Crippen LogP contribution < -0.4 is 5.32 Å². The van der Waals surface area contributed by atoms with E-state index in [0.29, 0.717) is 6.04 Å². The molecule has 3 heteroatoms. The summed E-state index contributed by atoms with van der Waals surface area (Å²) in [5, 5.41) is 3.69. The van der Waals surface area contributed by atoms with E-state index in [0.717, 1.165) is 36.5 Å². The Morgan fingerprint density at radius 2 is 2.41 bits per heavy atom. The fraction of sp³-hybridized carbons (Fsp3) is 0.786. The van der Waals surface area contributed by atoms with Crippen LogP contribution in [0.1, 0.15) is 38.4 Å². The minimum absolute atomic E-state index is 0.626. The number of nitrogens with one attached hydrogen (secondary N) is 2. The van der Waals surface area contributed by atoms with Crippen LogP contribution >= 0.6 is 0 Å². The number of aromatic nitrogens is 2. The Bertz CT molecular complexity index is 346. The number of hydrogen-bond acceptors (Lipinski definition) is 2. The third-order valence-electron chi connectivity index (χ3n) is 4.74. The summed E-state index contributed by atoms with van der Waals surface area (Å²) in [6.45, 7) is 3.28. The minimum atomic E-state index is 0.626. The van der Waals surface area contributed by atoms with E-state index in [1.54, 1.807) is 0 Å². The molecule has 2 N–H and O–H groups in total. The molecule has 1 aromatic rings. The van der Waals surface area contributed by atoms with Gasteiger partial charge in [-0.25, -0.2) is 4.98 Å². The second kappa shape index (κ2) is 4.81. The van der Waals surface area contributed by atoms with Crippen molar-refractivity contribution >= 4 is 0 Å². The second-order valence-corrected chi connectivity index (χ2v) is 5.74. The van der Waals surface area contributed by atoms with E-state index in [-0.39, 0.29) is 0 Å². The Morgan fingerprint density at radius 1 is 1.47 bits per heavy atom. The molecule has 2 saturated carbocycles. The number of hydrogen-bond donors (Lipinski definition) is 2. The van der Waals surface area contributed by atoms with Crippen molar-refractivity contribution in [1.82, 2.24) is 15.3 Å². The van der Waals surface area contributed by atoms with Crippen molar-refractivity contribution in [2.45, 2.75) is 45.1 Å². The van der Waals surface area contributed by atoms with Gasteiger partial charge in [-0.05, 0) is 43.6 Å². The van der Waals surface area contributed by atoms with E-state index in [9.17, 15) is 0 Å². The number of H-pyrrole nitrogens is 1. The van der Waals surface area contributed by atoms with Gasteiger partial charge in [0.1, 0.15) is 5.82 Å². The summed E-state index contributed by atoms with van der Waals surface area (Å²) < 4.78 is 0. The molecular weight excluding hydrogens is 210 g/mol. The van der Waals surface area contributed by atoms with Gasteiger partial charge in [0.15, 0.2) is 0 Å². The van der Waals surface area contributed by atoms with Crippen LogP contribution in [0.15, 0.2) is 12.4 Å². The van der Waals surface area contributed by atoms with Gasteiger partial charge in [-0.3, -0.25) is 0 Å². The first-order chi connectivity index (χ1) is 8.36. The minimum Gasteiger partial charge on any atom is -0.349 e. The molecule has 1 aromatic heterocycles. The van der Waals surface area contributed by atoms with Gasteiger partial charge in [0.2, 0.25) is 0 Å². The summed E-state index contributed by atoms with van der Waals surface area (Å²) in [6.07, 6.45) is 10.7. The van der Waals surface area contributed by atoms with Crippen molar-refractivity contribution in [3.8, 4) is 0 Å². The van der Waals surface area contributed by atoms with Gasteiger partial charge < -0.3 is 10.3 Å². The first kappa shape index (κ1) is 11.3. The Hall–Kier alpha value is -0.830. The molecule has 94 valence electrons. The van der Waals surface area contributed by atoms with Crippen LogP contribution in [0.5, 0.6) is 0 Å².